The van der Waals surface area contributed by atoms with E-state index in [0.717, 1.165) is 12.1 Å². The maximum absolute atomic E-state index is 14.1. The van der Waals surface area contributed by atoms with Gasteiger partial charge in [-0.2, -0.15) is 5.26 Å². The fourth-order valence-electron chi connectivity index (χ4n) is 2.59. The Balaban J connectivity index is 2.06. The molecule has 1 heterocycles. The highest BCUT2D eigenvalue weighted by Crippen LogP contribution is 2.26. The molecule has 1 amide bonds. The molecule has 1 aromatic carbocycles. The van der Waals surface area contributed by atoms with Crippen LogP contribution >= 0.6 is 0 Å². The third-order valence-corrected chi connectivity index (χ3v) is 3.76. The molecule has 0 aliphatic carbocycles. The van der Waals surface area contributed by atoms with Gasteiger partial charge >= 0.3 is 6.09 Å². The largest absolute Gasteiger partial charge is 0.449 e. The number of carbonyl (C=O) groups is 1. The molecule has 24 heavy (non-hydrogen) atoms. The average molecular weight is 337 g/mol. The lowest BCUT2D eigenvalue weighted by Gasteiger charge is -2.24. The Hall–Kier alpha value is -2.36. The van der Waals surface area contributed by atoms with Crippen LogP contribution in [0.3, 0.4) is 0 Å². The molecule has 0 saturated carbocycles. The third kappa shape index (κ3) is 4.34. The van der Waals surface area contributed by atoms with Crippen molar-refractivity contribution in [2.45, 2.75) is 20.3 Å². The maximum Gasteiger partial charge on any atom is 0.409 e. The van der Waals surface area contributed by atoms with Gasteiger partial charge in [0.05, 0.1) is 18.2 Å². The zero-order chi connectivity index (χ0) is 17.7. The average Bonchev–Trinajstić information content (AvgIpc) is 2.78. The van der Waals surface area contributed by atoms with Gasteiger partial charge in [-0.15, -0.1) is 0 Å². The first-order valence-corrected chi connectivity index (χ1v) is 7.98. The highest BCUT2D eigenvalue weighted by Gasteiger charge is 2.24. The van der Waals surface area contributed by atoms with Gasteiger partial charge in [-0.25, -0.2) is 13.6 Å². The minimum Gasteiger partial charge on any atom is -0.449 e. The van der Waals surface area contributed by atoms with Crippen molar-refractivity contribution in [3.63, 3.8) is 0 Å². The van der Waals surface area contributed by atoms with Gasteiger partial charge in [0.15, 0.2) is 11.6 Å². The molecule has 0 spiro atoms. The molecule has 0 N–H and O–H groups in total. The second-order valence-electron chi connectivity index (χ2n) is 6.20. The van der Waals surface area contributed by atoms with Gasteiger partial charge in [0.25, 0.3) is 0 Å². The maximum atomic E-state index is 14.1. The highest BCUT2D eigenvalue weighted by atomic mass is 19.1. The summed E-state index contributed by atoms with van der Waals surface area (Å²) in [6.45, 7) is 5.78. The number of benzene rings is 1. The van der Waals surface area contributed by atoms with Crippen molar-refractivity contribution < 1.29 is 18.3 Å². The Morgan fingerprint density at radius 1 is 1.25 bits per heavy atom. The van der Waals surface area contributed by atoms with Crippen LogP contribution in [0.25, 0.3) is 0 Å². The van der Waals surface area contributed by atoms with E-state index in [1.54, 1.807) is 15.9 Å². The lowest BCUT2D eigenvalue weighted by molar-refractivity contribution is 0.0943. The van der Waals surface area contributed by atoms with E-state index >= 15 is 0 Å². The van der Waals surface area contributed by atoms with Crippen molar-refractivity contribution in [1.29, 1.82) is 5.26 Å². The van der Waals surface area contributed by atoms with Crippen LogP contribution in [0, 0.1) is 28.9 Å². The Morgan fingerprint density at radius 3 is 2.50 bits per heavy atom. The lowest BCUT2D eigenvalue weighted by atomic mass is 10.2. The SMILES string of the molecule is CC(C)COC(=O)N1CCCN(c2c(F)cc(C#N)cc2F)CC1. The Kier molecular flexibility index (Phi) is 5.96. The van der Waals surface area contributed by atoms with Crippen LogP contribution < -0.4 is 4.90 Å². The molecule has 0 aromatic heterocycles. The second-order valence-corrected chi connectivity index (χ2v) is 6.20. The van der Waals surface area contributed by atoms with Crippen LogP contribution in [0.1, 0.15) is 25.8 Å². The van der Waals surface area contributed by atoms with Crippen LogP contribution in [0.4, 0.5) is 19.3 Å². The molecule has 0 unspecified atom stereocenters. The summed E-state index contributed by atoms with van der Waals surface area (Å²) in [6.07, 6.45) is 0.182. The van der Waals surface area contributed by atoms with Gasteiger partial charge < -0.3 is 14.5 Å². The minimum absolute atomic E-state index is 0.0533. The fraction of sp³-hybridized carbons (Fsp3) is 0.529. The van der Waals surface area contributed by atoms with Crippen LogP contribution in [-0.4, -0.2) is 43.8 Å². The van der Waals surface area contributed by atoms with Crippen LogP contribution in [-0.2, 0) is 4.74 Å². The number of carbonyl (C=O) groups excluding carboxylic acids is 1. The third-order valence-electron chi connectivity index (χ3n) is 3.76. The van der Waals surface area contributed by atoms with Gasteiger partial charge in [0.2, 0.25) is 0 Å². The molecule has 0 radical (unpaired) electrons. The first kappa shape index (κ1) is 18.0. The fourth-order valence-corrected chi connectivity index (χ4v) is 2.59. The van der Waals surface area contributed by atoms with E-state index in [0.29, 0.717) is 39.2 Å². The summed E-state index contributed by atoms with van der Waals surface area (Å²) in [4.78, 5) is 15.1. The summed E-state index contributed by atoms with van der Waals surface area (Å²) in [7, 11) is 0. The summed E-state index contributed by atoms with van der Waals surface area (Å²) in [6, 6.07) is 3.78. The number of ether oxygens (including phenoxy) is 1. The smallest absolute Gasteiger partial charge is 0.409 e. The van der Waals surface area contributed by atoms with Crippen LogP contribution in [0.5, 0.6) is 0 Å². The van der Waals surface area contributed by atoms with Gasteiger partial charge in [-0.05, 0) is 24.5 Å². The Bertz CT molecular complexity index is 620. The first-order valence-electron chi connectivity index (χ1n) is 7.98. The number of nitriles is 1. The van der Waals surface area contributed by atoms with Crippen LogP contribution in [0.15, 0.2) is 12.1 Å². The minimum atomic E-state index is -0.762. The molecule has 1 fully saturated rings. The normalized spacial score (nSPS) is 15.2. The van der Waals surface area contributed by atoms with Crippen molar-refractivity contribution >= 4 is 11.8 Å². The molecule has 0 bridgehead atoms. The van der Waals surface area contributed by atoms with Crippen molar-refractivity contribution in [3.8, 4) is 6.07 Å². The standard InChI is InChI=1S/C17H21F2N3O2/c1-12(2)11-24-17(23)22-5-3-4-21(6-7-22)16-14(18)8-13(10-20)9-15(16)19/h8-9,12H,3-7,11H2,1-2H3. The second kappa shape index (κ2) is 7.95. The molecule has 5 nitrogen and oxygen atoms in total. The van der Waals surface area contributed by atoms with E-state index in [4.69, 9.17) is 10.00 Å². The summed E-state index contributed by atoms with van der Waals surface area (Å²) in [5, 5.41) is 8.76. The number of anilines is 1. The summed E-state index contributed by atoms with van der Waals surface area (Å²) in [5.74, 6) is -1.27. The van der Waals surface area contributed by atoms with E-state index in [9.17, 15) is 13.6 Å². The van der Waals surface area contributed by atoms with Gasteiger partial charge in [-0.1, -0.05) is 13.8 Å². The first-order chi connectivity index (χ1) is 11.4. The molecule has 2 rings (SSSR count). The molecule has 1 saturated heterocycles. The molecule has 1 aliphatic rings. The van der Waals surface area contributed by atoms with E-state index in [1.165, 1.54) is 0 Å². The summed E-state index contributed by atoms with van der Waals surface area (Å²) >= 11 is 0. The molecule has 130 valence electrons. The molecule has 7 heteroatoms. The predicted octanol–water partition coefficient (Wildman–Crippen LogP) is 3.14. The monoisotopic (exact) mass is 337 g/mol. The number of amides is 1. The molecule has 1 aliphatic heterocycles. The topological polar surface area (TPSA) is 56.6 Å². The van der Waals surface area contributed by atoms with Crippen molar-refractivity contribution in [2.75, 3.05) is 37.7 Å². The molecule has 0 atom stereocenters. The summed E-state index contributed by atoms with van der Waals surface area (Å²) < 4.78 is 33.5. The number of nitrogens with zero attached hydrogens (tertiary/aromatic N) is 3. The predicted molar refractivity (Wildman–Crippen MR) is 85.7 cm³/mol. The van der Waals surface area contributed by atoms with E-state index in [-0.39, 0.29) is 17.2 Å². The molecular formula is C17H21F2N3O2. The van der Waals surface area contributed by atoms with Gasteiger partial charge in [0.1, 0.15) is 5.69 Å². The number of hydrogen-bond acceptors (Lipinski definition) is 4. The van der Waals surface area contributed by atoms with Crippen molar-refractivity contribution in [2.24, 2.45) is 5.92 Å². The van der Waals surface area contributed by atoms with Gasteiger partial charge in [-0.3, -0.25) is 0 Å². The summed E-state index contributed by atoms with van der Waals surface area (Å²) in [5.41, 5.74) is -0.200. The number of rotatable bonds is 3. The zero-order valence-electron chi connectivity index (χ0n) is 13.9. The van der Waals surface area contributed by atoms with E-state index < -0.39 is 17.7 Å². The quantitative estimate of drug-likeness (QED) is 0.850. The van der Waals surface area contributed by atoms with Crippen molar-refractivity contribution in [1.82, 2.24) is 4.90 Å². The van der Waals surface area contributed by atoms with Crippen LogP contribution in [0.2, 0.25) is 0 Å². The number of halogens is 2. The zero-order valence-corrected chi connectivity index (χ0v) is 13.9. The van der Waals surface area contributed by atoms with Gasteiger partial charge in [0, 0.05) is 26.2 Å². The Morgan fingerprint density at radius 2 is 1.92 bits per heavy atom. The molecule has 1 aromatic rings. The highest BCUT2D eigenvalue weighted by molar-refractivity contribution is 5.67. The molecular weight excluding hydrogens is 316 g/mol. The Labute approximate surface area is 140 Å². The van der Waals surface area contributed by atoms with Crippen molar-refractivity contribution in [3.05, 3.63) is 29.3 Å². The lowest BCUT2D eigenvalue weighted by Crippen LogP contribution is -2.36. The number of hydrogen-bond donors (Lipinski definition) is 0. The van der Waals surface area contributed by atoms with E-state index in [1.807, 2.05) is 13.8 Å². The van der Waals surface area contributed by atoms with E-state index in [2.05, 4.69) is 0 Å².